The number of alkyl halides is 3. The Morgan fingerprint density at radius 2 is 2.05 bits per heavy atom. The first kappa shape index (κ1) is 14.5. The van der Waals surface area contributed by atoms with Crippen LogP contribution in [-0.2, 0) is 24.1 Å². The molecule has 1 fully saturated rings. The molecule has 0 saturated heterocycles. The molecule has 1 aromatic rings. The van der Waals surface area contributed by atoms with Gasteiger partial charge in [0.05, 0.1) is 6.54 Å². The van der Waals surface area contributed by atoms with E-state index < -0.39 is 12.0 Å². The van der Waals surface area contributed by atoms with Crippen LogP contribution in [0.3, 0.4) is 0 Å². The van der Waals surface area contributed by atoms with Crippen molar-refractivity contribution in [3.8, 4) is 0 Å². The molecule has 0 aromatic carbocycles. The summed E-state index contributed by atoms with van der Waals surface area (Å²) in [5.74, 6) is -0.0977. The number of fused-ring (bicyclic) bond motifs is 1. The maximum atomic E-state index is 12.7. The first-order chi connectivity index (χ1) is 9.95. The van der Waals surface area contributed by atoms with Crippen molar-refractivity contribution in [1.82, 2.24) is 19.7 Å². The van der Waals surface area contributed by atoms with Gasteiger partial charge in [0.25, 0.3) is 0 Å². The lowest BCUT2D eigenvalue weighted by Gasteiger charge is -2.28. The predicted molar refractivity (Wildman–Crippen MR) is 67.3 cm³/mol. The molecule has 1 unspecified atom stereocenters. The summed E-state index contributed by atoms with van der Waals surface area (Å²) < 4.78 is 39.3. The Morgan fingerprint density at radius 3 is 2.71 bits per heavy atom. The number of aromatic nitrogens is 3. The van der Waals surface area contributed by atoms with Gasteiger partial charge >= 0.3 is 6.18 Å². The lowest BCUT2D eigenvalue weighted by atomic mass is 10.0. The zero-order chi connectivity index (χ0) is 15.0. The Kier molecular flexibility index (Phi) is 3.73. The number of carbonyl (C=O) groups is 1. The molecule has 3 rings (SSSR count). The number of rotatable bonds is 3. The monoisotopic (exact) mass is 302 g/mol. The van der Waals surface area contributed by atoms with E-state index in [1.54, 1.807) is 0 Å². The maximum Gasteiger partial charge on any atom is 0.451 e. The van der Waals surface area contributed by atoms with Crippen molar-refractivity contribution in [2.75, 3.05) is 13.1 Å². The average molecular weight is 302 g/mol. The van der Waals surface area contributed by atoms with Gasteiger partial charge in [0.15, 0.2) is 0 Å². The standard InChI is InChI=1S/C13H17F3N4O/c14-13(15,16)12-18-17-11-8-19(6-7-20(11)12)5-4-9-2-1-3-10(9)21/h9H,1-8H2. The molecular formula is C13H17F3N4O. The second-order valence-electron chi connectivity index (χ2n) is 5.71. The fourth-order valence-corrected chi connectivity index (χ4v) is 3.14. The van der Waals surface area contributed by atoms with Crippen molar-refractivity contribution in [2.45, 2.75) is 44.9 Å². The van der Waals surface area contributed by atoms with Gasteiger partial charge in [0, 0.05) is 25.4 Å². The van der Waals surface area contributed by atoms with Gasteiger partial charge in [-0.3, -0.25) is 9.69 Å². The molecule has 21 heavy (non-hydrogen) atoms. The fraction of sp³-hybridized carbons (Fsp3) is 0.769. The molecule has 5 nitrogen and oxygen atoms in total. The molecule has 1 atom stereocenters. The van der Waals surface area contributed by atoms with Crippen LogP contribution in [0.5, 0.6) is 0 Å². The van der Waals surface area contributed by atoms with Crippen molar-refractivity contribution in [3.05, 3.63) is 11.6 Å². The van der Waals surface area contributed by atoms with Crippen molar-refractivity contribution in [2.24, 2.45) is 5.92 Å². The first-order valence-corrected chi connectivity index (χ1v) is 7.19. The summed E-state index contributed by atoms with van der Waals surface area (Å²) in [7, 11) is 0. The van der Waals surface area contributed by atoms with Crippen molar-refractivity contribution in [3.63, 3.8) is 0 Å². The van der Waals surface area contributed by atoms with Crippen LogP contribution in [0.15, 0.2) is 0 Å². The molecule has 0 amide bonds. The smallest absolute Gasteiger partial charge is 0.305 e. The molecule has 0 spiro atoms. The Balaban J connectivity index is 1.60. The minimum Gasteiger partial charge on any atom is -0.305 e. The van der Waals surface area contributed by atoms with Crippen LogP contribution in [0.1, 0.15) is 37.3 Å². The number of Topliss-reactive ketones (excluding diaryl/α,β-unsaturated/α-hetero) is 1. The quantitative estimate of drug-likeness (QED) is 0.855. The summed E-state index contributed by atoms with van der Waals surface area (Å²) in [5, 5.41) is 6.91. The highest BCUT2D eigenvalue weighted by Crippen LogP contribution is 2.30. The molecular weight excluding hydrogens is 285 g/mol. The minimum absolute atomic E-state index is 0.135. The number of nitrogens with zero attached hydrogens (tertiary/aromatic N) is 4. The predicted octanol–water partition coefficient (Wildman–Crippen LogP) is 1.87. The van der Waals surface area contributed by atoms with Gasteiger partial charge < -0.3 is 4.57 Å². The van der Waals surface area contributed by atoms with E-state index >= 15 is 0 Å². The van der Waals surface area contributed by atoms with Gasteiger partial charge in [-0.1, -0.05) is 0 Å². The van der Waals surface area contributed by atoms with Crippen LogP contribution in [0, 0.1) is 5.92 Å². The highest BCUT2D eigenvalue weighted by Gasteiger charge is 2.39. The number of hydrogen-bond donors (Lipinski definition) is 0. The van der Waals surface area contributed by atoms with E-state index in [2.05, 4.69) is 15.1 Å². The second kappa shape index (κ2) is 5.40. The van der Waals surface area contributed by atoms with Gasteiger partial charge in [-0.15, -0.1) is 10.2 Å². The van der Waals surface area contributed by atoms with Crippen LogP contribution in [0.4, 0.5) is 13.2 Å². The van der Waals surface area contributed by atoms with Gasteiger partial charge in [-0.05, 0) is 25.8 Å². The van der Waals surface area contributed by atoms with E-state index in [1.165, 1.54) is 0 Å². The molecule has 116 valence electrons. The Hall–Kier alpha value is -1.44. The van der Waals surface area contributed by atoms with E-state index in [0.717, 1.165) is 30.4 Å². The summed E-state index contributed by atoms with van der Waals surface area (Å²) in [6.07, 6.45) is -1.08. The second-order valence-corrected chi connectivity index (χ2v) is 5.71. The summed E-state index contributed by atoms with van der Waals surface area (Å²) in [6.45, 7) is 1.87. The molecule has 8 heteroatoms. The summed E-state index contributed by atoms with van der Waals surface area (Å²) in [4.78, 5) is 13.6. The molecule has 0 radical (unpaired) electrons. The van der Waals surface area contributed by atoms with Crippen LogP contribution < -0.4 is 0 Å². The van der Waals surface area contributed by atoms with Crippen molar-refractivity contribution < 1.29 is 18.0 Å². The molecule has 2 heterocycles. The number of ketones is 1. The third-order valence-corrected chi connectivity index (χ3v) is 4.31. The third-order valence-electron chi connectivity index (χ3n) is 4.31. The Morgan fingerprint density at radius 1 is 1.24 bits per heavy atom. The zero-order valence-corrected chi connectivity index (χ0v) is 11.6. The third kappa shape index (κ3) is 2.95. The largest absolute Gasteiger partial charge is 0.451 e. The van der Waals surface area contributed by atoms with E-state index in [1.807, 2.05) is 0 Å². The van der Waals surface area contributed by atoms with E-state index in [4.69, 9.17) is 0 Å². The topological polar surface area (TPSA) is 51.0 Å². The molecule has 2 aliphatic rings. The lowest BCUT2D eigenvalue weighted by molar-refractivity contribution is -0.148. The van der Waals surface area contributed by atoms with Crippen molar-refractivity contribution >= 4 is 5.78 Å². The molecule has 0 N–H and O–H groups in total. The summed E-state index contributed by atoms with van der Waals surface area (Å²) in [6, 6.07) is 0. The fourth-order valence-electron chi connectivity index (χ4n) is 3.14. The number of hydrogen-bond acceptors (Lipinski definition) is 4. The molecule has 0 bridgehead atoms. The highest BCUT2D eigenvalue weighted by atomic mass is 19.4. The Labute approximate surface area is 120 Å². The summed E-state index contributed by atoms with van der Waals surface area (Å²) in [5.41, 5.74) is 0. The van der Waals surface area contributed by atoms with Gasteiger partial charge in [0.1, 0.15) is 11.6 Å². The zero-order valence-electron chi connectivity index (χ0n) is 11.6. The first-order valence-electron chi connectivity index (χ1n) is 7.19. The molecule has 1 aromatic heterocycles. The lowest BCUT2D eigenvalue weighted by Crippen LogP contribution is -2.36. The number of carbonyl (C=O) groups excluding carboxylic acids is 1. The van der Waals surface area contributed by atoms with E-state index in [9.17, 15) is 18.0 Å². The van der Waals surface area contributed by atoms with Crippen LogP contribution in [0.25, 0.3) is 0 Å². The minimum atomic E-state index is -4.45. The SMILES string of the molecule is O=C1CCCC1CCN1CCn2c(nnc2C(F)(F)F)C1. The van der Waals surface area contributed by atoms with E-state index in [0.29, 0.717) is 31.1 Å². The van der Waals surface area contributed by atoms with Crippen LogP contribution >= 0.6 is 0 Å². The summed E-state index contributed by atoms with van der Waals surface area (Å²) >= 11 is 0. The normalized spacial score (nSPS) is 23.6. The van der Waals surface area contributed by atoms with Gasteiger partial charge in [0.2, 0.25) is 5.82 Å². The molecule has 1 aliphatic carbocycles. The Bertz CT molecular complexity index is 540. The maximum absolute atomic E-state index is 12.7. The van der Waals surface area contributed by atoms with Crippen LogP contribution in [0.2, 0.25) is 0 Å². The molecule has 1 aliphatic heterocycles. The van der Waals surface area contributed by atoms with Gasteiger partial charge in [-0.25, -0.2) is 0 Å². The van der Waals surface area contributed by atoms with E-state index in [-0.39, 0.29) is 12.5 Å². The van der Waals surface area contributed by atoms with Crippen LogP contribution in [-0.4, -0.2) is 38.5 Å². The number of halogens is 3. The van der Waals surface area contributed by atoms with Crippen molar-refractivity contribution in [1.29, 1.82) is 0 Å². The molecule has 1 saturated carbocycles. The average Bonchev–Trinajstić information content (AvgIpc) is 3.01. The highest BCUT2D eigenvalue weighted by molar-refractivity contribution is 5.82. The van der Waals surface area contributed by atoms with Gasteiger partial charge in [-0.2, -0.15) is 13.2 Å².